The highest BCUT2D eigenvalue weighted by atomic mass is 79.9. The Morgan fingerprint density at radius 2 is 2.15 bits per heavy atom. The van der Waals surface area contributed by atoms with E-state index < -0.39 is 16.4 Å². The second kappa shape index (κ2) is 6.43. The van der Waals surface area contributed by atoms with E-state index in [0.717, 1.165) is 11.0 Å². The molecule has 2 aromatic rings. The van der Waals surface area contributed by atoms with Gasteiger partial charge >= 0.3 is 5.69 Å². The van der Waals surface area contributed by atoms with Gasteiger partial charge in [0.15, 0.2) is 0 Å². The van der Waals surface area contributed by atoms with Crippen LogP contribution in [0.5, 0.6) is 0 Å². The lowest BCUT2D eigenvalue weighted by Crippen LogP contribution is -2.16. The van der Waals surface area contributed by atoms with Crippen LogP contribution in [0, 0.1) is 15.9 Å². The van der Waals surface area contributed by atoms with Crippen molar-refractivity contribution in [3.05, 3.63) is 60.5 Å². The molecule has 0 N–H and O–H groups in total. The molecule has 1 heterocycles. The Morgan fingerprint density at radius 1 is 1.40 bits per heavy atom. The fourth-order valence-corrected chi connectivity index (χ4v) is 3.40. The van der Waals surface area contributed by atoms with Gasteiger partial charge in [0.1, 0.15) is 0 Å². The summed E-state index contributed by atoms with van der Waals surface area (Å²) in [5.41, 5.74) is 0.227. The predicted molar refractivity (Wildman–Crippen MR) is 80.2 cm³/mol. The molecule has 0 aliphatic heterocycles. The minimum absolute atomic E-state index is 0.487. The molecule has 0 atom stereocenters. The van der Waals surface area contributed by atoms with Crippen LogP contribution in [0.15, 0.2) is 34.1 Å². The molecule has 0 aliphatic rings. The molecule has 7 heteroatoms. The smallest absolute Gasteiger partial charge is 0.297 e. The molecule has 20 heavy (non-hydrogen) atoms. The molecule has 0 radical (unpaired) electrons. The van der Waals surface area contributed by atoms with E-state index in [9.17, 15) is 14.5 Å². The first-order chi connectivity index (χ1) is 9.45. The van der Waals surface area contributed by atoms with E-state index in [2.05, 4.69) is 15.9 Å². The second-order valence-corrected chi connectivity index (χ2v) is 6.36. The first-order valence-electron chi connectivity index (χ1n) is 5.80. The van der Waals surface area contributed by atoms with Crippen molar-refractivity contribution in [2.24, 2.45) is 0 Å². The summed E-state index contributed by atoms with van der Waals surface area (Å²) in [4.78, 5) is 13.1. The molecule has 4 nitrogen and oxygen atoms in total. The third-order valence-electron chi connectivity index (χ3n) is 2.71. The van der Waals surface area contributed by atoms with Crippen molar-refractivity contribution in [3.63, 3.8) is 0 Å². The van der Waals surface area contributed by atoms with E-state index in [-0.39, 0.29) is 0 Å². The number of thiophene rings is 1. The van der Waals surface area contributed by atoms with Crippen LogP contribution in [0.1, 0.15) is 10.4 Å². The molecule has 0 bridgehead atoms. The topological polar surface area (TPSA) is 46.4 Å². The van der Waals surface area contributed by atoms with Gasteiger partial charge in [-0.25, -0.2) is 0 Å². The van der Waals surface area contributed by atoms with Gasteiger partial charge in [-0.15, -0.1) is 11.3 Å². The van der Waals surface area contributed by atoms with Crippen LogP contribution >= 0.6 is 27.3 Å². The van der Waals surface area contributed by atoms with Crippen molar-refractivity contribution < 1.29 is 9.31 Å². The maximum Gasteiger partial charge on any atom is 0.304 e. The summed E-state index contributed by atoms with van der Waals surface area (Å²) >= 11 is 5.04. The van der Waals surface area contributed by atoms with E-state index in [1.807, 2.05) is 23.4 Å². The molecular formula is C13H12BrFN2O2S. The van der Waals surface area contributed by atoms with E-state index >= 15 is 0 Å². The number of nitro groups is 1. The monoisotopic (exact) mass is 358 g/mol. The Bertz CT molecular complexity index is 633. The summed E-state index contributed by atoms with van der Waals surface area (Å²) in [6.07, 6.45) is 0. The first-order valence-corrected chi connectivity index (χ1v) is 7.47. The molecule has 1 aromatic carbocycles. The van der Waals surface area contributed by atoms with Crippen LogP contribution in [0.4, 0.5) is 10.1 Å². The molecule has 0 fully saturated rings. The van der Waals surface area contributed by atoms with Gasteiger partial charge in [0, 0.05) is 33.9 Å². The Balaban J connectivity index is 2.02. The van der Waals surface area contributed by atoms with Gasteiger partial charge in [-0.05, 0) is 40.7 Å². The van der Waals surface area contributed by atoms with Crippen LogP contribution in [0.25, 0.3) is 0 Å². The van der Waals surface area contributed by atoms with Crippen molar-refractivity contribution in [2.45, 2.75) is 13.1 Å². The van der Waals surface area contributed by atoms with Gasteiger partial charge in [-0.3, -0.25) is 15.0 Å². The van der Waals surface area contributed by atoms with Gasteiger partial charge in [-0.2, -0.15) is 4.39 Å². The van der Waals surface area contributed by atoms with Gasteiger partial charge in [-0.1, -0.05) is 6.07 Å². The average molecular weight is 359 g/mol. The average Bonchev–Trinajstić information content (AvgIpc) is 2.74. The second-order valence-electron chi connectivity index (χ2n) is 4.45. The zero-order chi connectivity index (χ0) is 14.7. The van der Waals surface area contributed by atoms with Crippen molar-refractivity contribution in [1.29, 1.82) is 0 Å². The van der Waals surface area contributed by atoms with Crippen molar-refractivity contribution >= 4 is 33.0 Å². The number of benzene rings is 1. The summed E-state index contributed by atoms with van der Waals surface area (Å²) < 4.78 is 14.6. The quantitative estimate of drug-likeness (QED) is 0.594. The SMILES string of the molecule is CN(Cc1ccc([N+](=O)[O-])c(F)c1)Cc1cc(Br)cs1. The summed E-state index contributed by atoms with van der Waals surface area (Å²) in [7, 11) is 1.92. The molecule has 1 aromatic heterocycles. The summed E-state index contributed by atoms with van der Waals surface area (Å²) in [5, 5.41) is 12.6. The van der Waals surface area contributed by atoms with E-state index in [1.165, 1.54) is 17.0 Å². The van der Waals surface area contributed by atoms with Gasteiger partial charge < -0.3 is 0 Å². The van der Waals surface area contributed by atoms with Crippen LogP contribution in [-0.4, -0.2) is 16.9 Å². The first kappa shape index (κ1) is 15.1. The minimum Gasteiger partial charge on any atom is -0.297 e. The zero-order valence-corrected chi connectivity index (χ0v) is 13.1. The summed E-state index contributed by atoms with van der Waals surface area (Å²) in [6, 6.07) is 6.05. The molecule has 0 saturated heterocycles. The summed E-state index contributed by atoms with van der Waals surface area (Å²) in [5.74, 6) is -0.792. The highest BCUT2D eigenvalue weighted by Gasteiger charge is 2.14. The van der Waals surface area contributed by atoms with Gasteiger partial charge in [0.05, 0.1) is 4.92 Å². The predicted octanol–water partition coefficient (Wildman–Crippen LogP) is 4.19. The van der Waals surface area contributed by atoms with Crippen LogP contribution in [0.3, 0.4) is 0 Å². The fourth-order valence-electron chi connectivity index (χ4n) is 1.87. The molecule has 106 valence electrons. The third kappa shape index (κ3) is 3.84. The lowest BCUT2D eigenvalue weighted by molar-refractivity contribution is -0.387. The minimum atomic E-state index is -0.792. The molecule has 0 unspecified atom stereocenters. The van der Waals surface area contributed by atoms with E-state index in [0.29, 0.717) is 12.1 Å². The molecule has 2 rings (SSSR count). The van der Waals surface area contributed by atoms with Crippen LogP contribution < -0.4 is 0 Å². The fraction of sp³-hybridized carbons (Fsp3) is 0.231. The van der Waals surface area contributed by atoms with Crippen molar-refractivity contribution in [1.82, 2.24) is 4.90 Å². The van der Waals surface area contributed by atoms with Crippen LogP contribution in [0.2, 0.25) is 0 Å². The van der Waals surface area contributed by atoms with Gasteiger partial charge in [0.25, 0.3) is 0 Å². The molecule has 0 spiro atoms. The van der Waals surface area contributed by atoms with Crippen molar-refractivity contribution in [2.75, 3.05) is 7.05 Å². The van der Waals surface area contributed by atoms with Gasteiger partial charge in [0.2, 0.25) is 5.82 Å². The Morgan fingerprint density at radius 3 is 2.70 bits per heavy atom. The number of halogens is 2. The summed E-state index contributed by atoms with van der Waals surface area (Å²) in [6.45, 7) is 1.28. The number of hydrogen-bond acceptors (Lipinski definition) is 4. The lowest BCUT2D eigenvalue weighted by atomic mass is 10.2. The Hall–Kier alpha value is -1.31. The highest BCUT2D eigenvalue weighted by Crippen LogP contribution is 2.22. The molecular weight excluding hydrogens is 347 g/mol. The standard InChI is InChI=1S/C13H12BrFN2O2S/c1-16(7-11-5-10(14)8-20-11)6-9-2-3-13(17(18)19)12(15)4-9/h2-5,8H,6-7H2,1H3. The zero-order valence-electron chi connectivity index (χ0n) is 10.7. The molecule has 0 amide bonds. The normalized spacial score (nSPS) is 11.0. The number of nitrogens with zero attached hydrogens (tertiary/aromatic N) is 2. The number of hydrogen-bond donors (Lipinski definition) is 0. The maximum absolute atomic E-state index is 13.5. The molecule has 0 aliphatic carbocycles. The largest absolute Gasteiger partial charge is 0.304 e. The highest BCUT2D eigenvalue weighted by molar-refractivity contribution is 9.10. The Kier molecular flexibility index (Phi) is 4.85. The third-order valence-corrected chi connectivity index (χ3v) is 4.39. The Labute approximate surface area is 128 Å². The maximum atomic E-state index is 13.5. The molecule has 0 saturated carbocycles. The van der Waals surface area contributed by atoms with E-state index in [4.69, 9.17) is 0 Å². The van der Waals surface area contributed by atoms with Crippen molar-refractivity contribution in [3.8, 4) is 0 Å². The lowest BCUT2D eigenvalue weighted by Gasteiger charge is -2.15. The van der Waals surface area contributed by atoms with E-state index in [1.54, 1.807) is 17.4 Å². The number of rotatable bonds is 5. The van der Waals surface area contributed by atoms with Crippen LogP contribution in [-0.2, 0) is 13.1 Å². The number of nitro benzene ring substituents is 1.